The van der Waals surface area contributed by atoms with E-state index in [4.69, 9.17) is 5.73 Å². The Bertz CT molecular complexity index is 966. The molecule has 0 aromatic heterocycles. The van der Waals surface area contributed by atoms with Gasteiger partial charge in [-0.2, -0.15) is 13.2 Å². The normalized spacial score (nSPS) is 13.2. The monoisotopic (exact) mass is 438 g/mol. The molecule has 1 heterocycles. The molecule has 0 spiro atoms. The van der Waals surface area contributed by atoms with Gasteiger partial charge in [0.2, 0.25) is 0 Å². The highest BCUT2D eigenvalue weighted by Crippen LogP contribution is 2.42. The molecule has 0 fully saturated rings. The van der Waals surface area contributed by atoms with Crippen LogP contribution in [0.2, 0.25) is 0 Å². The molecule has 0 saturated carbocycles. The number of urea groups is 1. The average Bonchev–Trinajstić information content (AvgIpc) is 3.13. The topological polar surface area (TPSA) is 87.5 Å². The van der Waals surface area contributed by atoms with Crippen molar-refractivity contribution in [1.82, 2.24) is 5.32 Å². The number of hydrogen-bond donors (Lipinski definition) is 3. The number of rotatable bonds is 5. The van der Waals surface area contributed by atoms with Crippen LogP contribution in [0, 0.1) is 0 Å². The van der Waals surface area contributed by atoms with Gasteiger partial charge < -0.3 is 16.4 Å². The number of thioether (sulfide) groups is 1. The Hall–Kier alpha value is -2.72. The molecule has 10 heteroatoms. The fourth-order valence-electron chi connectivity index (χ4n) is 3.23. The number of hydrogen-bond acceptors (Lipinski definition) is 4. The fourth-order valence-corrected chi connectivity index (χ4v) is 3.89. The summed E-state index contributed by atoms with van der Waals surface area (Å²) in [6.07, 6.45) is -2.45. The van der Waals surface area contributed by atoms with Crippen molar-refractivity contribution in [2.45, 2.75) is 17.5 Å². The number of nitrogens with two attached hydrogens (primary N) is 1. The van der Waals surface area contributed by atoms with Gasteiger partial charge >= 0.3 is 12.2 Å². The van der Waals surface area contributed by atoms with Gasteiger partial charge in [-0.05, 0) is 48.6 Å². The van der Waals surface area contributed by atoms with Crippen molar-refractivity contribution in [3.05, 3.63) is 53.1 Å². The Kier molecular flexibility index (Phi) is 6.57. The van der Waals surface area contributed by atoms with Crippen LogP contribution >= 0.6 is 11.8 Å². The van der Waals surface area contributed by atoms with Gasteiger partial charge in [0.25, 0.3) is 5.91 Å². The molecule has 160 valence electrons. The van der Waals surface area contributed by atoms with Crippen molar-refractivity contribution in [3.8, 4) is 0 Å². The summed E-state index contributed by atoms with van der Waals surface area (Å²) in [5.41, 5.74) is 6.25. The van der Waals surface area contributed by atoms with Crippen LogP contribution in [0.5, 0.6) is 0 Å². The van der Waals surface area contributed by atoms with Gasteiger partial charge in [0.15, 0.2) is 0 Å². The van der Waals surface area contributed by atoms with Crippen LogP contribution in [-0.2, 0) is 12.6 Å². The van der Waals surface area contributed by atoms with E-state index in [9.17, 15) is 22.8 Å². The third-order valence-electron chi connectivity index (χ3n) is 4.65. The first-order chi connectivity index (χ1) is 14.2. The molecule has 30 heavy (non-hydrogen) atoms. The summed E-state index contributed by atoms with van der Waals surface area (Å²) in [5, 5.41) is 5.29. The van der Waals surface area contributed by atoms with Crippen molar-refractivity contribution >= 4 is 35.1 Å². The maximum atomic E-state index is 13.4. The molecule has 3 rings (SSSR count). The van der Waals surface area contributed by atoms with Crippen LogP contribution in [0.1, 0.15) is 21.5 Å². The zero-order valence-corrected chi connectivity index (χ0v) is 17.0. The Labute approximate surface area is 176 Å². The quantitative estimate of drug-likeness (QED) is 0.621. The molecule has 0 radical (unpaired) electrons. The second kappa shape index (κ2) is 8.97. The Morgan fingerprint density at radius 2 is 2.00 bits per heavy atom. The first-order valence-electron chi connectivity index (χ1n) is 9.19. The number of nitrogens with zero attached hydrogens (tertiary/aromatic N) is 1. The molecule has 0 unspecified atom stereocenters. The summed E-state index contributed by atoms with van der Waals surface area (Å²) in [7, 11) is 0. The molecule has 2 aromatic carbocycles. The molecule has 2 aromatic rings. The van der Waals surface area contributed by atoms with E-state index in [2.05, 4.69) is 10.6 Å². The van der Waals surface area contributed by atoms with Gasteiger partial charge in [-0.1, -0.05) is 6.07 Å². The van der Waals surface area contributed by atoms with E-state index in [1.807, 2.05) is 0 Å². The minimum atomic E-state index is -4.51. The minimum Gasteiger partial charge on any atom is -0.351 e. The molecule has 0 saturated heterocycles. The lowest BCUT2D eigenvalue weighted by molar-refractivity contribution is -0.139. The first kappa shape index (κ1) is 22.0. The maximum Gasteiger partial charge on any atom is 0.417 e. The fraction of sp³-hybridized carbons (Fsp3) is 0.300. The number of carbonyl (C=O) groups is 2. The van der Waals surface area contributed by atoms with E-state index in [1.54, 1.807) is 24.5 Å². The van der Waals surface area contributed by atoms with E-state index in [1.165, 1.54) is 17.0 Å². The largest absolute Gasteiger partial charge is 0.417 e. The lowest BCUT2D eigenvalue weighted by Gasteiger charge is -2.20. The standard InChI is InChI=1S/C20H21F3N4O2S/c1-30-17-10-12-5-8-27(16(12)11-15(17)20(21,22)23)19(29)26-14-4-2-3-13(9-14)18(28)25-7-6-24/h2-4,9-11H,5-8,24H2,1H3,(H,25,28)(H,26,29). The van der Waals surface area contributed by atoms with Crippen molar-refractivity contribution in [2.75, 3.05) is 36.1 Å². The number of anilines is 2. The third kappa shape index (κ3) is 4.71. The molecule has 0 atom stereocenters. The van der Waals surface area contributed by atoms with Crippen molar-refractivity contribution < 1.29 is 22.8 Å². The highest BCUT2D eigenvalue weighted by Gasteiger charge is 2.36. The molecule has 6 nitrogen and oxygen atoms in total. The van der Waals surface area contributed by atoms with Crippen LogP contribution in [0.3, 0.4) is 0 Å². The Morgan fingerprint density at radius 3 is 2.67 bits per heavy atom. The van der Waals surface area contributed by atoms with Crippen LogP contribution in [0.25, 0.3) is 0 Å². The molecule has 1 aliphatic heterocycles. The summed E-state index contributed by atoms with van der Waals surface area (Å²) < 4.78 is 40.2. The molecule has 1 aliphatic rings. The number of benzene rings is 2. The molecule has 0 aliphatic carbocycles. The number of amides is 3. The average molecular weight is 438 g/mol. The predicted octanol–water partition coefficient (Wildman–Crippen LogP) is 3.71. The van der Waals surface area contributed by atoms with Gasteiger partial charge in [0.05, 0.1) is 5.56 Å². The Morgan fingerprint density at radius 1 is 1.23 bits per heavy atom. The number of nitrogens with one attached hydrogen (secondary N) is 2. The molecule has 0 bridgehead atoms. The molecular formula is C20H21F3N4O2S. The second-order valence-electron chi connectivity index (χ2n) is 6.64. The minimum absolute atomic E-state index is 0.139. The SMILES string of the molecule is CSc1cc2c(cc1C(F)(F)F)N(C(=O)Nc1cccc(C(=O)NCCN)c1)CC2. The summed E-state index contributed by atoms with van der Waals surface area (Å²) in [4.78, 5) is 26.2. The first-order valence-corrected chi connectivity index (χ1v) is 10.4. The lowest BCUT2D eigenvalue weighted by Crippen LogP contribution is -2.33. The van der Waals surface area contributed by atoms with Crippen molar-refractivity contribution in [1.29, 1.82) is 0 Å². The summed E-state index contributed by atoms with van der Waals surface area (Å²) >= 11 is 1.03. The third-order valence-corrected chi connectivity index (χ3v) is 5.43. The van der Waals surface area contributed by atoms with Crippen LogP contribution in [0.4, 0.5) is 29.3 Å². The van der Waals surface area contributed by atoms with E-state index in [-0.39, 0.29) is 23.0 Å². The van der Waals surface area contributed by atoms with Crippen molar-refractivity contribution in [2.24, 2.45) is 5.73 Å². The highest BCUT2D eigenvalue weighted by atomic mass is 32.2. The van der Waals surface area contributed by atoms with E-state index in [0.29, 0.717) is 36.3 Å². The van der Waals surface area contributed by atoms with Crippen LogP contribution < -0.4 is 21.3 Å². The van der Waals surface area contributed by atoms with Crippen molar-refractivity contribution in [3.63, 3.8) is 0 Å². The summed E-state index contributed by atoms with van der Waals surface area (Å²) in [6.45, 7) is 0.890. The number of carbonyl (C=O) groups excluding carboxylic acids is 2. The highest BCUT2D eigenvalue weighted by molar-refractivity contribution is 7.98. The van der Waals surface area contributed by atoms with Gasteiger partial charge in [-0.3, -0.25) is 9.69 Å². The van der Waals surface area contributed by atoms with E-state index >= 15 is 0 Å². The van der Waals surface area contributed by atoms with Crippen LogP contribution in [-0.4, -0.2) is 37.8 Å². The Balaban J connectivity index is 1.81. The van der Waals surface area contributed by atoms with Gasteiger partial charge in [0, 0.05) is 41.5 Å². The van der Waals surface area contributed by atoms with Gasteiger partial charge in [0.1, 0.15) is 0 Å². The van der Waals surface area contributed by atoms with E-state index < -0.39 is 17.8 Å². The van der Waals surface area contributed by atoms with Gasteiger partial charge in [-0.25, -0.2) is 4.79 Å². The summed E-state index contributed by atoms with van der Waals surface area (Å²) in [5.74, 6) is -0.331. The molecule has 4 N–H and O–H groups in total. The lowest BCUT2D eigenvalue weighted by atomic mass is 10.1. The number of halogens is 3. The smallest absolute Gasteiger partial charge is 0.351 e. The van der Waals surface area contributed by atoms with E-state index in [0.717, 1.165) is 17.8 Å². The zero-order chi connectivity index (χ0) is 21.9. The van der Waals surface area contributed by atoms with Gasteiger partial charge in [-0.15, -0.1) is 11.8 Å². The maximum absolute atomic E-state index is 13.4. The zero-order valence-electron chi connectivity index (χ0n) is 16.2. The number of fused-ring (bicyclic) bond motifs is 1. The predicted molar refractivity (Wildman–Crippen MR) is 111 cm³/mol. The molecular weight excluding hydrogens is 417 g/mol. The number of alkyl halides is 3. The molecule has 3 amide bonds. The van der Waals surface area contributed by atoms with Crippen LogP contribution in [0.15, 0.2) is 41.3 Å². The summed E-state index contributed by atoms with van der Waals surface area (Å²) in [6, 6.07) is 8.27. The second-order valence-corrected chi connectivity index (χ2v) is 7.48.